The second-order valence-electron chi connectivity index (χ2n) is 9.13. The Labute approximate surface area is 178 Å². The van der Waals surface area contributed by atoms with Crippen LogP contribution in [0, 0.1) is 29.4 Å². The molecule has 0 amide bonds. The SMILES string of the molecule is FCCC/C=C/[C@H]1CC[C@H](CCC2CCC(c3cc(F)c(Cl)c(F)c3)CC2)CC1. The quantitative estimate of drug-likeness (QED) is 0.221. The van der Waals surface area contributed by atoms with Crippen molar-refractivity contribution in [3.63, 3.8) is 0 Å². The smallest absolute Gasteiger partial charge is 0.145 e. The highest BCUT2D eigenvalue weighted by Gasteiger charge is 2.26. The van der Waals surface area contributed by atoms with Gasteiger partial charge in [0.1, 0.15) is 16.7 Å². The summed E-state index contributed by atoms with van der Waals surface area (Å²) in [5.41, 5.74) is 0.765. The van der Waals surface area contributed by atoms with Crippen LogP contribution in [0.15, 0.2) is 24.3 Å². The van der Waals surface area contributed by atoms with Crippen molar-refractivity contribution in [1.29, 1.82) is 0 Å². The van der Waals surface area contributed by atoms with E-state index in [1.165, 1.54) is 50.7 Å². The Morgan fingerprint density at radius 1 is 0.862 bits per heavy atom. The van der Waals surface area contributed by atoms with E-state index >= 15 is 0 Å². The van der Waals surface area contributed by atoms with Gasteiger partial charge in [-0.1, -0.05) is 36.6 Å². The van der Waals surface area contributed by atoms with E-state index in [2.05, 4.69) is 12.2 Å². The summed E-state index contributed by atoms with van der Waals surface area (Å²) < 4.78 is 39.6. The zero-order valence-electron chi connectivity index (χ0n) is 17.3. The molecule has 3 rings (SSSR count). The number of rotatable bonds is 8. The Morgan fingerprint density at radius 2 is 1.41 bits per heavy atom. The predicted molar refractivity (Wildman–Crippen MR) is 115 cm³/mol. The third kappa shape index (κ3) is 6.77. The topological polar surface area (TPSA) is 0 Å². The molecule has 2 aliphatic carbocycles. The van der Waals surface area contributed by atoms with Crippen molar-refractivity contribution in [2.75, 3.05) is 6.67 Å². The molecule has 1 aromatic rings. The average Bonchev–Trinajstić information content (AvgIpc) is 2.74. The van der Waals surface area contributed by atoms with E-state index in [0.29, 0.717) is 12.3 Å². The van der Waals surface area contributed by atoms with Gasteiger partial charge in [0.2, 0.25) is 0 Å². The van der Waals surface area contributed by atoms with Gasteiger partial charge in [-0.2, -0.15) is 0 Å². The summed E-state index contributed by atoms with van der Waals surface area (Å²) in [5, 5.41) is -0.396. The minimum Gasteiger partial charge on any atom is -0.251 e. The minimum atomic E-state index is -0.642. The molecule has 2 aliphatic rings. The van der Waals surface area contributed by atoms with Crippen LogP contribution in [0.4, 0.5) is 13.2 Å². The summed E-state index contributed by atoms with van der Waals surface area (Å²) in [6.45, 7) is -0.216. The van der Waals surface area contributed by atoms with Crippen molar-refractivity contribution >= 4 is 11.6 Å². The minimum absolute atomic E-state index is 0.216. The van der Waals surface area contributed by atoms with Crippen LogP contribution in [0.5, 0.6) is 0 Å². The lowest BCUT2D eigenvalue weighted by Gasteiger charge is -2.31. The van der Waals surface area contributed by atoms with Crippen molar-refractivity contribution in [1.82, 2.24) is 0 Å². The number of hydrogen-bond donors (Lipinski definition) is 0. The Morgan fingerprint density at radius 3 is 1.97 bits per heavy atom. The largest absolute Gasteiger partial charge is 0.251 e. The Bertz CT molecular complexity index is 633. The number of hydrogen-bond acceptors (Lipinski definition) is 0. The summed E-state index contributed by atoms with van der Waals surface area (Å²) in [6, 6.07) is 2.84. The van der Waals surface area contributed by atoms with E-state index in [0.717, 1.165) is 49.5 Å². The lowest BCUT2D eigenvalue weighted by atomic mass is 9.74. The summed E-state index contributed by atoms with van der Waals surface area (Å²) in [5.74, 6) is 1.27. The average molecular weight is 427 g/mol. The van der Waals surface area contributed by atoms with Gasteiger partial charge in [0, 0.05) is 0 Å². The highest BCUT2D eigenvalue weighted by atomic mass is 35.5. The second kappa shape index (κ2) is 11.4. The third-order valence-corrected chi connectivity index (χ3v) is 7.47. The van der Waals surface area contributed by atoms with E-state index < -0.39 is 16.7 Å². The van der Waals surface area contributed by atoms with Gasteiger partial charge in [-0.25, -0.2) is 8.78 Å². The van der Waals surface area contributed by atoms with Gasteiger partial charge >= 0.3 is 0 Å². The molecular weight excluding hydrogens is 393 g/mol. The van der Waals surface area contributed by atoms with Crippen LogP contribution in [0.25, 0.3) is 0 Å². The lowest BCUT2D eigenvalue weighted by molar-refractivity contribution is 0.246. The summed E-state index contributed by atoms with van der Waals surface area (Å²) in [6.07, 6.45) is 18.1. The van der Waals surface area contributed by atoms with Gasteiger partial charge in [0.25, 0.3) is 0 Å². The molecule has 0 aliphatic heterocycles. The maximum atomic E-state index is 13.7. The van der Waals surface area contributed by atoms with Crippen molar-refractivity contribution in [2.24, 2.45) is 17.8 Å². The zero-order chi connectivity index (χ0) is 20.6. The molecule has 2 saturated carbocycles. The molecule has 2 fully saturated rings. The molecule has 29 heavy (non-hydrogen) atoms. The van der Waals surface area contributed by atoms with Gasteiger partial charge in [0.15, 0.2) is 0 Å². The number of benzene rings is 1. The summed E-state index contributed by atoms with van der Waals surface area (Å²) >= 11 is 5.61. The monoisotopic (exact) mass is 426 g/mol. The Balaban J connectivity index is 1.35. The van der Waals surface area contributed by atoms with Crippen LogP contribution in [-0.4, -0.2) is 6.67 Å². The fraction of sp³-hybridized carbons (Fsp3) is 0.680. The maximum Gasteiger partial charge on any atom is 0.145 e. The lowest BCUT2D eigenvalue weighted by Crippen LogP contribution is -2.17. The van der Waals surface area contributed by atoms with Gasteiger partial charge in [-0.05, 0) is 106 Å². The van der Waals surface area contributed by atoms with Crippen LogP contribution in [-0.2, 0) is 0 Å². The van der Waals surface area contributed by atoms with E-state index in [-0.39, 0.29) is 12.6 Å². The van der Waals surface area contributed by atoms with Gasteiger partial charge < -0.3 is 0 Å². The first kappa shape index (κ1) is 22.7. The normalized spacial score (nSPS) is 28.1. The van der Waals surface area contributed by atoms with Crippen LogP contribution in [0.3, 0.4) is 0 Å². The first-order valence-corrected chi connectivity index (χ1v) is 11.8. The molecule has 0 bridgehead atoms. The molecule has 0 N–H and O–H groups in total. The van der Waals surface area contributed by atoms with E-state index in [4.69, 9.17) is 11.6 Å². The van der Waals surface area contributed by atoms with Crippen molar-refractivity contribution in [3.05, 3.63) is 46.5 Å². The maximum absolute atomic E-state index is 13.7. The number of allylic oxidation sites excluding steroid dienone is 2. The standard InChI is InChI=1S/C25H34ClF3/c26-25-23(28)16-22(17-24(25)29)21-13-11-20(12-14-21)10-9-19-7-5-18(6-8-19)4-2-1-3-15-27/h2,4,16-21H,1,3,5-15H2/b4-2+/t18-,19-,20?,21?. The van der Waals surface area contributed by atoms with Crippen molar-refractivity contribution in [2.45, 2.75) is 83.0 Å². The molecular formula is C25H34ClF3. The molecule has 0 spiro atoms. The second-order valence-corrected chi connectivity index (χ2v) is 9.51. The molecule has 0 heterocycles. The Kier molecular flexibility index (Phi) is 8.96. The van der Waals surface area contributed by atoms with Crippen LogP contribution in [0.1, 0.15) is 88.5 Å². The van der Waals surface area contributed by atoms with E-state index in [9.17, 15) is 13.2 Å². The van der Waals surface area contributed by atoms with Gasteiger partial charge in [-0.3, -0.25) is 4.39 Å². The highest BCUT2D eigenvalue weighted by Crippen LogP contribution is 2.40. The summed E-state index contributed by atoms with van der Waals surface area (Å²) in [4.78, 5) is 0. The number of halogens is 4. The number of alkyl halides is 1. The Hall–Kier alpha value is -0.960. The molecule has 4 heteroatoms. The van der Waals surface area contributed by atoms with E-state index in [1.54, 1.807) is 0 Å². The molecule has 0 saturated heterocycles. The molecule has 0 unspecified atom stereocenters. The molecule has 1 aromatic carbocycles. The fourth-order valence-corrected chi connectivity index (χ4v) is 5.33. The third-order valence-electron chi connectivity index (χ3n) is 7.11. The van der Waals surface area contributed by atoms with E-state index in [1.807, 2.05) is 0 Å². The van der Waals surface area contributed by atoms with Crippen LogP contribution < -0.4 is 0 Å². The van der Waals surface area contributed by atoms with Gasteiger partial charge in [-0.15, -0.1) is 0 Å². The zero-order valence-corrected chi connectivity index (χ0v) is 18.1. The molecule has 0 nitrogen and oxygen atoms in total. The first-order valence-electron chi connectivity index (χ1n) is 11.4. The summed E-state index contributed by atoms with van der Waals surface area (Å²) in [7, 11) is 0. The first-order chi connectivity index (χ1) is 14.1. The van der Waals surface area contributed by atoms with Gasteiger partial charge in [0.05, 0.1) is 6.67 Å². The molecule has 0 aromatic heterocycles. The fourth-order valence-electron chi connectivity index (χ4n) is 5.22. The highest BCUT2D eigenvalue weighted by molar-refractivity contribution is 6.30. The van der Waals surface area contributed by atoms with Crippen LogP contribution in [0.2, 0.25) is 5.02 Å². The predicted octanol–water partition coefficient (Wildman–Crippen LogP) is 8.78. The van der Waals surface area contributed by atoms with Crippen LogP contribution >= 0.6 is 11.6 Å². The number of unbranched alkanes of at least 4 members (excludes halogenated alkanes) is 1. The van der Waals surface area contributed by atoms with Crippen molar-refractivity contribution < 1.29 is 13.2 Å². The molecule has 0 radical (unpaired) electrons. The molecule has 0 atom stereocenters. The molecule has 162 valence electrons. The van der Waals surface area contributed by atoms with Crippen molar-refractivity contribution in [3.8, 4) is 0 Å².